The molecule has 1 aromatic rings. The number of ether oxygens (including phenoxy) is 1. The number of likely N-dealkylation sites (tertiary alicyclic amines) is 1. The Morgan fingerprint density at radius 3 is 2.81 bits per heavy atom. The lowest BCUT2D eigenvalue weighted by Gasteiger charge is -2.23. The van der Waals surface area contributed by atoms with Crippen LogP contribution in [0.5, 0.6) is 5.75 Å². The van der Waals surface area contributed by atoms with Crippen LogP contribution in [0.15, 0.2) is 18.2 Å². The molecule has 0 radical (unpaired) electrons. The molecule has 2 saturated heterocycles. The number of benzene rings is 1. The molecule has 0 aromatic heterocycles. The first-order valence-corrected chi connectivity index (χ1v) is 8.02. The van der Waals surface area contributed by atoms with Crippen molar-refractivity contribution in [2.75, 3.05) is 26.2 Å². The third-order valence-electron chi connectivity index (χ3n) is 4.17. The van der Waals surface area contributed by atoms with Gasteiger partial charge in [-0.25, -0.2) is 0 Å². The van der Waals surface area contributed by atoms with Gasteiger partial charge in [-0.2, -0.15) is 0 Å². The number of fused-ring (bicyclic) bond motifs is 2. The van der Waals surface area contributed by atoms with E-state index in [4.69, 9.17) is 27.9 Å². The van der Waals surface area contributed by atoms with Crippen LogP contribution in [0.4, 0.5) is 0 Å². The number of nitrogens with one attached hydrogen (secondary N) is 1. The van der Waals surface area contributed by atoms with Crippen LogP contribution in [0.1, 0.15) is 19.3 Å². The first-order chi connectivity index (χ1) is 9.70. The maximum absolute atomic E-state index is 6.10. The molecule has 2 fully saturated rings. The molecule has 0 saturated carbocycles. The molecule has 118 valence electrons. The van der Waals surface area contributed by atoms with Gasteiger partial charge >= 0.3 is 0 Å². The van der Waals surface area contributed by atoms with E-state index in [-0.39, 0.29) is 12.4 Å². The van der Waals surface area contributed by atoms with Gasteiger partial charge in [0.25, 0.3) is 0 Å². The van der Waals surface area contributed by atoms with E-state index in [1.54, 1.807) is 12.1 Å². The Hall–Kier alpha value is -0.190. The zero-order valence-corrected chi connectivity index (χ0v) is 14.2. The number of nitrogens with zero attached hydrogens (tertiary/aromatic N) is 1. The summed E-state index contributed by atoms with van der Waals surface area (Å²) in [5.41, 5.74) is 0. The normalized spacial score (nSPS) is 25.2. The molecule has 2 unspecified atom stereocenters. The van der Waals surface area contributed by atoms with Crippen LogP contribution in [-0.4, -0.2) is 43.2 Å². The van der Waals surface area contributed by atoms with Crippen molar-refractivity contribution in [3.05, 3.63) is 28.2 Å². The van der Waals surface area contributed by atoms with Gasteiger partial charge in [0.2, 0.25) is 0 Å². The van der Waals surface area contributed by atoms with Crippen LogP contribution in [0.3, 0.4) is 0 Å². The van der Waals surface area contributed by atoms with E-state index >= 15 is 0 Å². The highest BCUT2D eigenvalue weighted by Crippen LogP contribution is 2.27. The van der Waals surface area contributed by atoms with Crippen molar-refractivity contribution in [2.45, 2.75) is 31.3 Å². The second kappa shape index (κ2) is 7.89. The Balaban J connectivity index is 0.00000161. The Labute approximate surface area is 142 Å². The number of hydrogen-bond acceptors (Lipinski definition) is 3. The molecule has 0 spiro atoms. The molecule has 2 atom stereocenters. The number of hydrogen-bond donors (Lipinski definition) is 1. The Bertz CT molecular complexity index is 472. The summed E-state index contributed by atoms with van der Waals surface area (Å²) < 4.78 is 5.76. The average Bonchev–Trinajstić information content (AvgIpc) is 2.74. The fraction of sp³-hybridized carbons (Fsp3) is 0.600. The smallest absolute Gasteiger partial charge is 0.138 e. The number of halogens is 3. The second-order valence-electron chi connectivity index (χ2n) is 5.65. The molecule has 3 nitrogen and oxygen atoms in total. The summed E-state index contributed by atoms with van der Waals surface area (Å²) in [6.45, 7) is 3.91. The summed E-state index contributed by atoms with van der Waals surface area (Å²) >= 11 is 12.0. The van der Waals surface area contributed by atoms with E-state index in [9.17, 15) is 0 Å². The fourth-order valence-corrected chi connectivity index (χ4v) is 3.56. The van der Waals surface area contributed by atoms with E-state index < -0.39 is 0 Å². The van der Waals surface area contributed by atoms with Crippen molar-refractivity contribution in [2.24, 2.45) is 0 Å². The molecule has 0 amide bonds. The van der Waals surface area contributed by atoms with Crippen molar-refractivity contribution >= 4 is 35.6 Å². The molecular formula is C15H21Cl3N2O. The van der Waals surface area contributed by atoms with Gasteiger partial charge < -0.3 is 10.1 Å². The van der Waals surface area contributed by atoms with Gasteiger partial charge in [-0.05, 0) is 44.0 Å². The van der Waals surface area contributed by atoms with Crippen LogP contribution in [0, 0.1) is 0 Å². The first-order valence-electron chi connectivity index (χ1n) is 7.27. The maximum atomic E-state index is 6.10. The minimum atomic E-state index is 0. The Kier molecular flexibility index (Phi) is 6.45. The Morgan fingerprint density at radius 2 is 2.00 bits per heavy atom. The summed E-state index contributed by atoms with van der Waals surface area (Å²) in [6.07, 6.45) is 3.90. The molecule has 0 aliphatic carbocycles. The van der Waals surface area contributed by atoms with Crippen molar-refractivity contribution in [3.8, 4) is 5.75 Å². The fourth-order valence-electron chi connectivity index (χ4n) is 3.10. The lowest BCUT2D eigenvalue weighted by Crippen LogP contribution is -2.37. The van der Waals surface area contributed by atoms with E-state index in [1.165, 1.54) is 19.3 Å². The van der Waals surface area contributed by atoms with Gasteiger partial charge in [0.15, 0.2) is 0 Å². The topological polar surface area (TPSA) is 24.5 Å². The van der Waals surface area contributed by atoms with E-state index in [0.29, 0.717) is 28.4 Å². The van der Waals surface area contributed by atoms with Gasteiger partial charge in [0.05, 0.1) is 5.02 Å². The zero-order chi connectivity index (χ0) is 13.9. The minimum Gasteiger partial charge on any atom is -0.491 e. The predicted octanol–water partition coefficient (Wildman–Crippen LogP) is 3.62. The van der Waals surface area contributed by atoms with Gasteiger partial charge in [-0.1, -0.05) is 23.2 Å². The molecule has 3 rings (SSSR count). The summed E-state index contributed by atoms with van der Waals surface area (Å²) in [4.78, 5) is 2.49. The van der Waals surface area contributed by atoms with Crippen LogP contribution < -0.4 is 10.1 Å². The molecule has 6 heteroatoms. The van der Waals surface area contributed by atoms with Crippen molar-refractivity contribution in [1.82, 2.24) is 10.2 Å². The van der Waals surface area contributed by atoms with Crippen LogP contribution in [0.2, 0.25) is 10.0 Å². The predicted molar refractivity (Wildman–Crippen MR) is 90.2 cm³/mol. The molecular weight excluding hydrogens is 331 g/mol. The monoisotopic (exact) mass is 350 g/mol. The Morgan fingerprint density at radius 1 is 1.19 bits per heavy atom. The standard InChI is InChI=1S/C15H20Cl2N2O.ClH/c16-11-1-4-15(14(17)9-11)20-8-7-19-6-5-12-2-3-13(10-19)18-12;/h1,4,9,12-13,18H,2-3,5-8,10H2;1H. The maximum Gasteiger partial charge on any atom is 0.138 e. The first kappa shape index (κ1) is 17.2. The van der Waals surface area contributed by atoms with Crippen LogP contribution in [-0.2, 0) is 0 Å². The van der Waals surface area contributed by atoms with Gasteiger partial charge in [-0.15, -0.1) is 12.4 Å². The summed E-state index contributed by atoms with van der Waals surface area (Å²) in [5, 5.41) is 4.90. The highest BCUT2D eigenvalue weighted by molar-refractivity contribution is 6.35. The third kappa shape index (κ3) is 4.64. The van der Waals surface area contributed by atoms with Crippen LogP contribution in [0.25, 0.3) is 0 Å². The highest BCUT2D eigenvalue weighted by Gasteiger charge is 2.28. The minimum absolute atomic E-state index is 0. The largest absolute Gasteiger partial charge is 0.491 e. The third-order valence-corrected chi connectivity index (χ3v) is 4.70. The zero-order valence-electron chi connectivity index (χ0n) is 11.9. The highest BCUT2D eigenvalue weighted by atomic mass is 35.5. The van der Waals surface area contributed by atoms with Gasteiger partial charge in [0.1, 0.15) is 12.4 Å². The van der Waals surface area contributed by atoms with Gasteiger partial charge in [-0.3, -0.25) is 4.90 Å². The summed E-state index contributed by atoms with van der Waals surface area (Å²) in [6, 6.07) is 6.75. The SMILES string of the molecule is Cl.Clc1ccc(OCCN2CCC3CCC(C2)N3)c(Cl)c1. The molecule has 2 aliphatic rings. The molecule has 2 bridgehead atoms. The average molecular weight is 352 g/mol. The molecule has 2 aliphatic heterocycles. The van der Waals surface area contributed by atoms with Crippen LogP contribution >= 0.6 is 35.6 Å². The molecule has 21 heavy (non-hydrogen) atoms. The van der Waals surface area contributed by atoms with Crippen molar-refractivity contribution in [3.63, 3.8) is 0 Å². The molecule has 1 N–H and O–H groups in total. The summed E-state index contributed by atoms with van der Waals surface area (Å²) in [5.74, 6) is 0.713. The van der Waals surface area contributed by atoms with E-state index in [0.717, 1.165) is 25.7 Å². The van der Waals surface area contributed by atoms with Gasteiger partial charge in [0, 0.05) is 30.2 Å². The quantitative estimate of drug-likeness (QED) is 0.896. The summed E-state index contributed by atoms with van der Waals surface area (Å²) in [7, 11) is 0. The van der Waals surface area contributed by atoms with E-state index in [2.05, 4.69) is 10.2 Å². The van der Waals surface area contributed by atoms with Crippen molar-refractivity contribution < 1.29 is 4.74 Å². The lowest BCUT2D eigenvalue weighted by atomic mass is 10.1. The van der Waals surface area contributed by atoms with Crippen molar-refractivity contribution in [1.29, 1.82) is 0 Å². The van der Waals surface area contributed by atoms with E-state index in [1.807, 2.05) is 6.07 Å². The second-order valence-corrected chi connectivity index (χ2v) is 6.49. The lowest BCUT2D eigenvalue weighted by molar-refractivity contribution is 0.201. The molecule has 2 heterocycles. The molecule has 1 aromatic carbocycles. The number of rotatable bonds is 4.